The maximum absolute atomic E-state index is 8.99. The van der Waals surface area contributed by atoms with E-state index in [-0.39, 0.29) is 6.61 Å². The molecule has 1 N–H and O–H groups in total. The molecule has 0 fully saturated rings. The smallest absolute Gasteiger partial charge is 0.146 e. The fraction of sp³-hybridized carbons (Fsp3) is 0.438. The standard InChI is InChI=1S/C16H22N2O2S/c1-13(9-19)11-21-12-14-3-5-15(6-4-14)20-10-16-17-7-8-18(16)2/h3-8,13,19H,9-12H2,1-2H3. The van der Waals surface area contributed by atoms with E-state index in [1.807, 2.05) is 41.7 Å². The summed E-state index contributed by atoms with van der Waals surface area (Å²) in [6.45, 7) is 2.79. The van der Waals surface area contributed by atoms with Crippen LogP contribution in [0.3, 0.4) is 0 Å². The van der Waals surface area contributed by atoms with Crippen LogP contribution in [0.15, 0.2) is 36.7 Å². The zero-order valence-electron chi connectivity index (χ0n) is 12.5. The molecule has 1 unspecified atom stereocenters. The van der Waals surface area contributed by atoms with Crippen molar-refractivity contribution >= 4 is 11.8 Å². The molecule has 2 aromatic rings. The first-order chi connectivity index (χ1) is 10.2. The molecule has 2 rings (SSSR count). The summed E-state index contributed by atoms with van der Waals surface area (Å²) in [5.41, 5.74) is 1.27. The predicted molar refractivity (Wildman–Crippen MR) is 86.4 cm³/mol. The van der Waals surface area contributed by atoms with Gasteiger partial charge in [-0.2, -0.15) is 11.8 Å². The first kappa shape index (κ1) is 15.9. The third kappa shape index (κ3) is 5.10. The predicted octanol–water partition coefficient (Wildman–Crippen LogP) is 2.86. The van der Waals surface area contributed by atoms with Gasteiger partial charge in [-0.15, -0.1) is 0 Å². The van der Waals surface area contributed by atoms with Gasteiger partial charge in [-0.3, -0.25) is 0 Å². The Morgan fingerprint density at radius 1 is 1.33 bits per heavy atom. The molecular weight excluding hydrogens is 284 g/mol. The Bertz CT molecular complexity index is 539. The fourth-order valence-corrected chi connectivity index (χ4v) is 2.85. The van der Waals surface area contributed by atoms with Crippen molar-refractivity contribution in [1.82, 2.24) is 9.55 Å². The van der Waals surface area contributed by atoms with Gasteiger partial charge >= 0.3 is 0 Å². The van der Waals surface area contributed by atoms with Gasteiger partial charge in [-0.05, 0) is 29.4 Å². The van der Waals surface area contributed by atoms with Crippen LogP contribution in [0.25, 0.3) is 0 Å². The lowest BCUT2D eigenvalue weighted by Gasteiger charge is -2.09. The second-order valence-corrected chi connectivity index (χ2v) is 6.22. The average Bonchev–Trinajstić information content (AvgIpc) is 2.91. The third-order valence-electron chi connectivity index (χ3n) is 3.20. The van der Waals surface area contributed by atoms with Crippen molar-refractivity contribution in [3.8, 4) is 5.75 Å². The molecule has 1 aromatic carbocycles. The number of aromatic nitrogens is 2. The maximum Gasteiger partial charge on any atom is 0.146 e. The van der Waals surface area contributed by atoms with Gasteiger partial charge in [0.25, 0.3) is 0 Å². The molecule has 0 saturated carbocycles. The maximum atomic E-state index is 8.99. The Kier molecular flexibility index (Phi) is 6.14. The molecule has 0 amide bonds. The molecule has 4 nitrogen and oxygen atoms in total. The SMILES string of the molecule is CC(CO)CSCc1ccc(OCc2nccn2C)cc1. The quantitative estimate of drug-likeness (QED) is 0.814. The summed E-state index contributed by atoms with van der Waals surface area (Å²) in [4.78, 5) is 4.23. The first-order valence-electron chi connectivity index (χ1n) is 7.05. The van der Waals surface area contributed by atoms with Crippen LogP contribution in [0.1, 0.15) is 18.3 Å². The number of nitrogens with zero attached hydrogens (tertiary/aromatic N) is 2. The van der Waals surface area contributed by atoms with Crippen molar-refractivity contribution in [3.05, 3.63) is 48.0 Å². The summed E-state index contributed by atoms with van der Waals surface area (Å²) in [5.74, 6) is 4.07. The van der Waals surface area contributed by atoms with Gasteiger partial charge in [0.15, 0.2) is 0 Å². The third-order valence-corrected chi connectivity index (χ3v) is 4.54. The van der Waals surface area contributed by atoms with Gasteiger partial charge in [0, 0.05) is 31.8 Å². The summed E-state index contributed by atoms with van der Waals surface area (Å²) >= 11 is 1.84. The number of aliphatic hydroxyl groups is 1. The summed E-state index contributed by atoms with van der Waals surface area (Å²) in [6.07, 6.45) is 3.68. The Morgan fingerprint density at radius 3 is 2.71 bits per heavy atom. The molecule has 21 heavy (non-hydrogen) atoms. The van der Waals surface area contributed by atoms with E-state index in [1.165, 1.54) is 5.56 Å². The number of aliphatic hydroxyl groups excluding tert-OH is 1. The Hall–Kier alpha value is -1.46. The van der Waals surface area contributed by atoms with E-state index in [0.717, 1.165) is 23.1 Å². The zero-order chi connectivity index (χ0) is 15.1. The molecule has 0 radical (unpaired) electrons. The zero-order valence-corrected chi connectivity index (χ0v) is 13.3. The molecule has 5 heteroatoms. The molecule has 1 atom stereocenters. The lowest BCUT2D eigenvalue weighted by atomic mass is 10.2. The summed E-state index contributed by atoms with van der Waals surface area (Å²) in [5, 5.41) is 8.99. The van der Waals surface area contributed by atoms with E-state index < -0.39 is 0 Å². The highest BCUT2D eigenvalue weighted by molar-refractivity contribution is 7.98. The van der Waals surface area contributed by atoms with E-state index in [4.69, 9.17) is 9.84 Å². The molecule has 1 heterocycles. The minimum Gasteiger partial charge on any atom is -0.486 e. The number of thioether (sulfide) groups is 1. The van der Waals surface area contributed by atoms with Crippen LogP contribution in [-0.4, -0.2) is 27.0 Å². The Balaban J connectivity index is 1.78. The van der Waals surface area contributed by atoms with E-state index >= 15 is 0 Å². The monoisotopic (exact) mass is 306 g/mol. The van der Waals surface area contributed by atoms with Crippen LogP contribution in [0.2, 0.25) is 0 Å². The van der Waals surface area contributed by atoms with Crippen LogP contribution in [0.4, 0.5) is 0 Å². The van der Waals surface area contributed by atoms with Gasteiger partial charge in [-0.25, -0.2) is 4.98 Å². The minimum atomic E-state index is 0.257. The van der Waals surface area contributed by atoms with Crippen molar-refractivity contribution in [2.45, 2.75) is 19.3 Å². The second-order valence-electron chi connectivity index (χ2n) is 5.19. The Labute approximate surface area is 130 Å². The van der Waals surface area contributed by atoms with Gasteiger partial charge < -0.3 is 14.4 Å². The van der Waals surface area contributed by atoms with Crippen LogP contribution in [-0.2, 0) is 19.4 Å². The van der Waals surface area contributed by atoms with E-state index in [1.54, 1.807) is 6.20 Å². The van der Waals surface area contributed by atoms with Gasteiger partial charge in [0.1, 0.15) is 18.2 Å². The van der Waals surface area contributed by atoms with E-state index in [2.05, 4.69) is 24.0 Å². The molecule has 0 aliphatic carbocycles. The minimum absolute atomic E-state index is 0.257. The van der Waals surface area contributed by atoms with Gasteiger partial charge in [0.2, 0.25) is 0 Å². The molecule has 0 aliphatic rings. The number of hydrogen-bond acceptors (Lipinski definition) is 4. The summed E-state index contributed by atoms with van der Waals surface area (Å²) in [6, 6.07) is 8.16. The highest BCUT2D eigenvalue weighted by atomic mass is 32.2. The lowest BCUT2D eigenvalue weighted by molar-refractivity contribution is 0.250. The van der Waals surface area contributed by atoms with Gasteiger partial charge in [0.05, 0.1) is 0 Å². The number of hydrogen-bond donors (Lipinski definition) is 1. The van der Waals surface area contributed by atoms with Crippen molar-refractivity contribution in [1.29, 1.82) is 0 Å². The largest absolute Gasteiger partial charge is 0.486 e. The second kappa shape index (κ2) is 8.10. The van der Waals surface area contributed by atoms with Crippen molar-refractivity contribution in [2.24, 2.45) is 13.0 Å². The van der Waals surface area contributed by atoms with Crippen molar-refractivity contribution in [2.75, 3.05) is 12.4 Å². The number of rotatable bonds is 8. The molecule has 1 aromatic heterocycles. The van der Waals surface area contributed by atoms with Gasteiger partial charge in [-0.1, -0.05) is 19.1 Å². The topological polar surface area (TPSA) is 47.3 Å². The molecule has 0 saturated heterocycles. The molecule has 0 aliphatic heterocycles. The number of benzene rings is 1. The van der Waals surface area contributed by atoms with Crippen LogP contribution < -0.4 is 4.74 Å². The summed E-state index contributed by atoms with van der Waals surface area (Å²) in [7, 11) is 1.96. The van der Waals surface area contributed by atoms with Crippen molar-refractivity contribution < 1.29 is 9.84 Å². The summed E-state index contributed by atoms with van der Waals surface area (Å²) < 4.78 is 7.67. The average molecular weight is 306 g/mol. The normalized spacial score (nSPS) is 12.3. The highest BCUT2D eigenvalue weighted by Gasteiger charge is 2.03. The lowest BCUT2D eigenvalue weighted by Crippen LogP contribution is -2.03. The Morgan fingerprint density at radius 2 is 2.10 bits per heavy atom. The molecular formula is C16H22N2O2S. The number of ether oxygens (including phenoxy) is 1. The van der Waals surface area contributed by atoms with E-state index in [0.29, 0.717) is 12.5 Å². The number of imidazole rings is 1. The first-order valence-corrected chi connectivity index (χ1v) is 8.21. The van der Waals surface area contributed by atoms with Crippen LogP contribution in [0.5, 0.6) is 5.75 Å². The molecule has 0 bridgehead atoms. The van der Waals surface area contributed by atoms with Crippen LogP contribution in [0, 0.1) is 5.92 Å². The highest BCUT2D eigenvalue weighted by Crippen LogP contribution is 2.19. The van der Waals surface area contributed by atoms with Crippen molar-refractivity contribution in [3.63, 3.8) is 0 Å². The van der Waals surface area contributed by atoms with E-state index in [9.17, 15) is 0 Å². The number of aryl methyl sites for hydroxylation is 1. The fourth-order valence-electron chi connectivity index (χ4n) is 1.80. The van der Waals surface area contributed by atoms with Crippen LogP contribution >= 0.6 is 11.8 Å². The molecule has 0 spiro atoms. The molecule has 114 valence electrons.